The summed E-state index contributed by atoms with van der Waals surface area (Å²) in [4.78, 5) is 14.1. The third-order valence-corrected chi connectivity index (χ3v) is 8.35. The number of aromatic nitrogens is 3. The number of pyridine rings is 3. The molecule has 0 saturated heterocycles. The monoisotopic (exact) mass is 586 g/mol. The Hall–Kier alpha value is -6.44. The summed E-state index contributed by atoms with van der Waals surface area (Å²) in [5.41, 5.74) is 10.6. The fraction of sp³-hybridized carbons (Fsp3) is 0. The van der Waals surface area contributed by atoms with E-state index < -0.39 is 0 Å². The standard InChI is InChI=1S/C42H26N4/c43-27-28-6-5-7-30(20-28)31-14-15-33-22-34(17-16-32(33)21-31)35-12-10-29-11-13-36(24-37(29)23-35)38-25-41(39-8-1-3-18-44-39)46-42(26-38)40-9-2-4-19-45-40/h1-26H. The second-order valence-electron chi connectivity index (χ2n) is 11.3. The lowest BCUT2D eigenvalue weighted by Crippen LogP contribution is -1.94. The van der Waals surface area contributed by atoms with Crippen LogP contribution in [0.5, 0.6) is 0 Å². The van der Waals surface area contributed by atoms with Crippen molar-refractivity contribution in [2.75, 3.05) is 0 Å². The Kier molecular flexibility index (Phi) is 6.83. The zero-order chi connectivity index (χ0) is 30.9. The zero-order valence-electron chi connectivity index (χ0n) is 24.8. The highest BCUT2D eigenvalue weighted by Crippen LogP contribution is 2.34. The summed E-state index contributed by atoms with van der Waals surface area (Å²) >= 11 is 0. The van der Waals surface area contributed by atoms with Gasteiger partial charge >= 0.3 is 0 Å². The molecule has 5 aromatic carbocycles. The van der Waals surface area contributed by atoms with E-state index in [9.17, 15) is 5.26 Å². The smallest absolute Gasteiger partial charge is 0.0991 e. The molecule has 4 nitrogen and oxygen atoms in total. The van der Waals surface area contributed by atoms with Gasteiger partial charge in [0.2, 0.25) is 0 Å². The van der Waals surface area contributed by atoms with Crippen molar-refractivity contribution in [3.05, 3.63) is 164 Å². The Morgan fingerprint density at radius 2 is 0.870 bits per heavy atom. The molecule has 0 aliphatic heterocycles. The van der Waals surface area contributed by atoms with Gasteiger partial charge in [0.25, 0.3) is 0 Å². The number of hydrogen-bond acceptors (Lipinski definition) is 4. The first kappa shape index (κ1) is 27.1. The van der Waals surface area contributed by atoms with Crippen molar-refractivity contribution < 1.29 is 0 Å². The summed E-state index contributed by atoms with van der Waals surface area (Å²) in [6.45, 7) is 0. The van der Waals surface area contributed by atoms with Gasteiger partial charge in [0, 0.05) is 12.4 Å². The van der Waals surface area contributed by atoms with Gasteiger partial charge in [0.1, 0.15) is 0 Å². The Morgan fingerprint density at radius 3 is 1.39 bits per heavy atom. The van der Waals surface area contributed by atoms with Crippen LogP contribution >= 0.6 is 0 Å². The number of benzene rings is 5. The van der Waals surface area contributed by atoms with E-state index in [-0.39, 0.29) is 0 Å². The Morgan fingerprint density at radius 1 is 0.370 bits per heavy atom. The van der Waals surface area contributed by atoms with Crippen molar-refractivity contribution in [2.45, 2.75) is 0 Å². The predicted octanol–water partition coefficient (Wildman–Crippen LogP) is 10.4. The van der Waals surface area contributed by atoms with Crippen molar-refractivity contribution in [3.63, 3.8) is 0 Å². The highest BCUT2D eigenvalue weighted by atomic mass is 14.8. The molecule has 0 atom stereocenters. The second kappa shape index (κ2) is 11.6. The van der Waals surface area contributed by atoms with Crippen LogP contribution in [-0.2, 0) is 0 Å². The van der Waals surface area contributed by atoms with Crippen LogP contribution in [0.4, 0.5) is 0 Å². The minimum absolute atomic E-state index is 0.665. The summed E-state index contributed by atoms with van der Waals surface area (Å²) in [5, 5.41) is 14.0. The maximum Gasteiger partial charge on any atom is 0.0991 e. The topological polar surface area (TPSA) is 62.5 Å². The maximum atomic E-state index is 9.31. The van der Waals surface area contributed by atoms with Gasteiger partial charge in [-0.15, -0.1) is 0 Å². The van der Waals surface area contributed by atoms with Crippen LogP contribution in [0.2, 0.25) is 0 Å². The first-order valence-corrected chi connectivity index (χ1v) is 15.1. The van der Waals surface area contributed by atoms with E-state index in [0.717, 1.165) is 61.5 Å². The van der Waals surface area contributed by atoms with Crippen LogP contribution < -0.4 is 0 Å². The van der Waals surface area contributed by atoms with Crippen LogP contribution in [-0.4, -0.2) is 15.0 Å². The molecule has 0 unspecified atom stereocenters. The lowest BCUT2D eigenvalue weighted by Gasteiger charge is -2.11. The van der Waals surface area contributed by atoms with E-state index in [4.69, 9.17) is 4.98 Å². The number of fused-ring (bicyclic) bond motifs is 2. The van der Waals surface area contributed by atoms with Gasteiger partial charge in [-0.1, -0.05) is 72.8 Å². The molecule has 0 saturated carbocycles. The van der Waals surface area contributed by atoms with E-state index in [1.54, 1.807) is 12.4 Å². The minimum atomic E-state index is 0.665. The van der Waals surface area contributed by atoms with Crippen molar-refractivity contribution in [3.8, 4) is 62.2 Å². The van der Waals surface area contributed by atoms with Crippen molar-refractivity contribution in [1.82, 2.24) is 15.0 Å². The van der Waals surface area contributed by atoms with Gasteiger partial charge in [0.05, 0.1) is 34.4 Å². The first-order chi connectivity index (χ1) is 22.7. The fourth-order valence-electron chi connectivity index (χ4n) is 5.97. The quantitative estimate of drug-likeness (QED) is 0.201. The number of hydrogen-bond donors (Lipinski definition) is 0. The second-order valence-corrected chi connectivity index (χ2v) is 11.3. The van der Waals surface area contributed by atoms with E-state index in [1.165, 1.54) is 16.2 Å². The molecule has 3 heterocycles. The summed E-state index contributed by atoms with van der Waals surface area (Å²) in [5.74, 6) is 0. The van der Waals surface area contributed by atoms with E-state index in [0.29, 0.717) is 5.56 Å². The predicted molar refractivity (Wildman–Crippen MR) is 187 cm³/mol. The molecule has 8 aromatic rings. The van der Waals surface area contributed by atoms with Crippen LogP contribution in [0.25, 0.3) is 77.7 Å². The summed E-state index contributed by atoms with van der Waals surface area (Å²) < 4.78 is 0. The molecule has 4 heteroatoms. The SMILES string of the molecule is N#Cc1cccc(-c2ccc3cc(-c4ccc5ccc(-c6cc(-c7ccccn7)nc(-c7ccccn7)c6)cc5c4)ccc3c2)c1. The number of nitriles is 1. The molecule has 0 N–H and O–H groups in total. The molecular formula is C42H26N4. The average molecular weight is 587 g/mol. The molecular weight excluding hydrogens is 560 g/mol. The molecule has 214 valence electrons. The molecule has 8 rings (SSSR count). The molecule has 0 aliphatic rings. The largest absolute Gasteiger partial charge is 0.255 e. The highest BCUT2D eigenvalue weighted by Gasteiger charge is 2.12. The third-order valence-electron chi connectivity index (χ3n) is 8.35. The van der Waals surface area contributed by atoms with Crippen molar-refractivity contribution in [2.24, 2.45) is 0 Å². The minimum Gasteiger partial charge on any atom is -0.255 e. The molecule has 0 spiro atoms. The van der Waals surface area contributed by atoms with Gasteiger partial charge in [-0.2, -0.15) is 5.26 Å². The summed E-state index contributed by atoms with van der Waals surface area (Å²) in [7, 11) is 0. The lowest BCUT2D eigenvalue weighted by atomic mass is 9.95. The molecule has 0 radical (unpaired) electrons. The summed E-state index contributed by atoms with van der Waals surface area (Å²) in [6.07, 6.45) is 3.59. The van der Waals surface area contributed by atoms with E-state index >= 15 is 0 Å². The van der Waals surface area contributed by atoms with Crippen LogP contribution in [0.15, 0.2) is 158 Å². The molecule has 0 amide bonds. The van der Waals surface area contributed by atoms with E-state index in [2.05, 4.69) is 101 Å². The molecule has 3 aromatic heterocycles. The molecule has 46 heavy (non-hydrogen) atoms. The zero-order valence-corrected chi connectivity index (χ0v) is 24.8. The van der Waals surface area contributed by atoms with E-state index in [1.807, 2.05) is 60.7 Å². The van der Waals surface area contributed by atoms with Crippen molar-refractivity contribution >= 4 is 21.5 Å². The fourth-order valence-corrected chi connectivity index (χ4v) is 5.97. The lowest BCUT2D eigenvalue weighted by molar-refractivity contribution is 1.22. The van der Waals surface area contributed by atoms with Gasteiger partial charge in [-0.05, 0) is 128 Å². The number of rotatable bonds is 5. The molecule has 0 bridgehead atoms. The Bertz CT molecular complexity index is 2370. The highest BCUT2D eigenvalue weighted by molar-refractivity contribution is 5.94. The third kappa shape index (κ3) is 5.27. The van der Waals surface area contributed by atoms with Gasteiger partial charge in [0.15, 0.2) is 0 Å². The first-order valence-electron chi connectivity index (χ1n) is 15.1. The summed E-state index contributed by atoms with van der Waals surface area (Å²) in [6, 6.07) is 52.3. The van der Waals surface area contributed by atoms with Gasteiger partial charge in [-0.3, -0.25) is 9.97 Å². The van der Waals surface area contributed by atoms with Crippen LogP contribution in [0.1, 0.15) is 5.56 Å². The molecule has 0 fully saturated rings. The van der Waals surface area contributed by atoms with Gasteiger partial charge in [-0.25, -0.2) is 4.98 Å². The van der Waals surface area contributed by atoms with Crippen LogP contribution in [0.3, 0.4) is 0 Å². The maximum absolute atomic E-state index is 9.31. The average Bonchev–Trinajstić information content (AvgIpc) is 3.14. The van der Waals surface area contributed by atoms with Crippen molar-refractivity contribution in [1.29, 1.82) is 5.26 Å². The molecule has 0 aliphatic carbocycles. The van der Waals surface area contributed by atoms with Crippen LogP contribution in [0, 0.1) is 11.3 Å². The Balaban J connectivity index is 1.17. The normalized spacial score (nSPS) is 11.0. The number of nitrogens with zero attached hydrogens (tertiary/aromatic N) is 4. The van der Waals surface area contributed by atoms with Gasteiger partial charge < -0.3 is 0 Å². The Labute approximate surface area is 266 Å².